The summed E-state index contributed by atoms with van der Waals surface area (Å²) < 4.78 is 7.68. The minimum atomic E-state index is -0.351. The van der Waals surface area contributed by atoms with E-state index in [4.69, 9.17) is 4.74 Å². The fourth-order valence-corrected chi connectivity index (χ4v) is 3.32. The third-order valence-corrected chi connectivity index (χ3v) is 4.87. The average molecular weight is 438 g/mol. The number of para-hydroxylation sites is 1. The van der Waals surface area contributed by atoms with Crippen molar-refractivity contribution in [3.8, 4) is 5.69 Å². The Morgan fingerprint density at radius 1 is 1.26 bits per heavy atom. The first kappa shape index (κ1) is 16.2. The summed E-state index contributed by atoms with van der Waals surface area (Å²) >= 11 is 7.07. The number of benzene rings is 2. The summed E-state index contributed by atoms with van der Waals surface area (Å²) in [5.41, 5.74) is 3.20. The van der Waals surface area contributed by atoms with Gasteiger partial charge in [0, 0.05) is 10.7 Å². The predicted octanol–water partition coefficient (Wildman–Crippen LogP) is 4.86. The van der Waals surface area contributed by atoms with Gasteiger partial charge in [-0.1, -0.05) is 34.1 Å². The Hall–Kier alpha value is -1.66. The highest BCUT2D eigenvalue weighted by Crippen LogP contribution is 2.29. The van der Waals surface area contributed by atoms with E-state index in [2.05, 4.69) is 43.0 Å². The maximum atomic E-state index is 12.2. The molecule has 0 spiro atoms. The molecular weight excluding hydrogens is 424 g/mol. The Balaban J connectivity index is 2.18. The van der Waals surface area contributed by atoms with Crippen molar-refractivity contribution >= 4 is 48.7 Å². The lowest BCUT2D eigenvalue weighted by Crippen LogP contribution is -2.10. The lowest BCUT2D eigenvalue weighted by molar-refractivity contribution is 0.0526. The van der Waals surface area contributed by atoms with Crippen LogP contribution in [0.5, 0.6) is 0 Å². The van der Waals surface area contributed by atoms with Crippen molar-refractivity contribution in [3.63, 3.8) is 0 Å². The maximum Gasteiger partial charge on any atom is 0.340 e. The molecule has 4 nitrogen and oxygen atoms in total. The van der Waals surface area contributed by atoms with Gasteiger partial charge in [0.15, 0.2) is 0 Å². The number of esters is 1. The quantitative estimate of drug-likeness (QED) is 0.432. The molecule has 0 bridgehead atoms. The molecule has 0 aliphatic rings. The summed E-state index contributed by atoms with van der Waals surface area (Å²) in [4.78, 5) is 12.2. The molecule has 0 amide bonds. The van der Waals surface area contributed by atoms with E-state index < -0.39 is 0 Å². The van der Waals surface area contributed by atoms with Crippen LogP contribution in [0.25, 0.3) is 16.6 Å². The highest BCUT2D eigenvalue weighted by atomic mass is 79.9. The van der Waals surface area contributed by atoms with E-state index in [1.807, 2.05) is 30.3 Å². The molecule has 0 unspecified atom stereocenters. The van der Waals surface area contributed by atoms with E-state index in [0.717, 1.165) is 26.4 Å². The molecule has 0 N–H and O–H groups in total. The van der Waals surface area contributed by atoms with E-state index >= 15 is 0 Å². The molecule has 1 heterocycles. The van der Waals surface area contributed by atoms with Gasteiger partial charge in [-0.05, 0) is 52.7 Å². The lowest BCUT2D eigenvalue weighted by Gasteiger charge is -2.09. The standard InChI is InChI=1S/C17H14Br2N2O2/c1-2-23-17(22)12-5-3-4-6-15(12)21-16(19)13-9-11(10-18)7-8-14(13)20-21/h3-9H,2,10H2,1H3. The first-order valence-electron chi connectivity index (χ1n) is 7.15. The largest absolute Gasteiger partial charge is 0.462 e. The van der Waals surface area contributed by atoms with Gasteiger partial charge in [-0.15, -0.1) is 0 Å². The van der Waals surface area contributed by atoms with Crippen LogP contribution in [-0.4, -0.2) is 22.4 Å². The van der Waals surface area contributed by atoms with Crippen LogP contribution in [0.2, 0.25) is 0 Å². The molecule has 0 aliphatic carbocycles. The van der Waals surface area contributed by atoms with Crippen molar-refractivity contribution in [2.75, 3.05) is 6.61 Å². The third kappa shape index (κ3) is 3.05. The second-order valence-electron chi connectivity index (χ2n) is 4.93. The minimum absolute atomic E-state index is 0.337. The summed E-state index contributed by atoms with van der Waals surface area (Å²) in [6, 6.07) is 13.4. The Bertz CT molecular complexity index is 874. The van der Waals surface area contributed by atoms with Gasteiger partial charge in [0.05, 0.1) is 23.4 Å². The van der Waals surface area contributed by atoms with Crippen LogP contribution in [0, 0.1) is 0 Å². The summed E-state index contributed by atoms with van der Waals surface area (Å²) in [6.07, 6.45) is 0. The van der Waals surface area contributed by atoms with Crippen LogP contribution in [0.15, 0.2) is 47.1 Å². The zero-order chi connectivity index (χ0) is 16.4. The highest BCUT2D eigenvalue weighted by Gasteiger charge is 2.17. The summed E-state index contributed by atoms with van der Waals surface area (Å²) in [5, 5.41) is 6.39. The normalized spacial score (nSPS) is 10.9. The second-order valence-corrected chi connectivity index (χ2v) is 6.24. The Kier molecular flexibility index (Phi) is 4.82. The highest BCUT2D eigenvalue weighted by molar-refractivity contribution is 9.10. The van der Waals surface area contributed by atoms with E-state index in [9.17, 15) is 4.79 Å². The SMILES string of the molecule is CCOC(=O)c1ccccc1-n1nc2ccc(CBr)cc2c1Br. The van der Waals surface area contributed by atoms with E-state index in [1.54, 1.807) is 17.7 Å². The topological polar surface area (TPSA) is 44.1 Å². The molecule has 6 heteroatoms. The van der Waals surface area contributed by atoms with Crippen LogP contribution in [0.4, 0.5) is 0 Å². The van der Waals surface area contributed by atoms with Crippen LogP contribution >= 0.6 is 31.9 Å². The molecule has 0 aliphatic heterocycles. The number of carbonyl (C=O) groups excluding carboxylic acids is 1. The third-order valence-electron chi connectivity index (χ3n) is 3.46. The van der Waals surface area contributed by atoms with E-state index in [0.29, 0.717) is 17.9 Å². The number of fused-ring (bicyclic) bond motifs is 1. The zero-order valence-corrected chi connectivity index (χ0v) is 15.6. The molecule has 118 valence electrons. The first-order valence-corrected chi connectivity index (χ1v) is 9.06. The zero-order valence-electron chi connectivity index (χ0n) is 12.4. The molecular formula is C17H14Br2N2O2. The van der Waals surface area contributed by atoms with Crippen LogP contribution in [-0.2, 0) is 10.1 Å². The smallest absolute Gasteiger partial charge is 0.340 e. The minimum Gasteiger partial charge on any atom is -0.462 e. The summed E-state index contributed by atoms with van der Waals surface area (Å²) in [6.45, 7) is 2.13. The van der Waals surface area contributed by atoms with Crippen LogP contribution in [0.3, 0.4) is 0 Å². The first-order chi connectivity index (χ1) is 11.2. The van der Waals surface area contributed by atoms with Gasteiger partial charge in [0.2, 0.25) is 0 Å². The van der Waals surface area contributed by atoms with Crippen molar-refractivity contribution in [2.24, 2.45) is 0 Å². The van der Waals surface area contributed by atoms with Gasteiger partial charge in [-0.2, -0.15) is 5.10 Å². The molecule has 1 aromatic heterocycles. The van der Waals surface area contributed by atoms with Crippen molar-refractivity contribution in [3.05, 3.63) is 58.2 Å². The Morgan fingerprint density at radius 2 is 2.04 bits per heavy atom. The fourth-order valence-electron chi connectivity index (χ4n) is 2.38. The Labute approximate surface area is 150 Å². The van der Waals surface area contributed by atoms with Gasteiger partial charge in [-0.25, -0.2) is 9.48 Å². The number of rotatable bonds is 4. The van der Waals surface area contributed by atoms with Crippen LogP contribution < -0.4 is 0 Å². The molecule has 23 heavy (non-hydrogen) atoms. The molecule has 0 saturated carbocycles. The van der Waals surface area contributed by atoms with Gasteiger partial charge < -0.3 is 4.74 Å². The monoisotopic (exact) mass is 436 g/mol. The van der Waals surface area contributed by atoms with E-state index in [1.165, 1.54) is 0 Å². The van der Waals surface area contributed by atoms with Crippen molar-refractivity contribution in [2.45, 2.75) is 12.3 Å². The van der Waals surface area contributed by atoms with Crippen molar-refractivity contribution < 1.29 is 9.53 Å². The molecule has 3 aromatic rings. The number of carbonyl (C=O) groups is 1. The van der Waals surface area contributed by atoms with Gasteiger partial charge in [0.25, 0.3) is 0 Å². The molecule has 0 fully saturated rings. The maximum absolute atomic E-state index is 12.2. The molecule has 0 atom stereocenters. The molecule has 0 saturated heterocycles. The number of nitrogens with zero attached hydrogens (tertiary/aromatic N) is 2. The molecule has 0 radical (unpaired) electrons. The summed E-state index contributed by atoms with van der Waals surface area (Å²) in [7, 11) is 0. The number of aromatic nitrogens is 2. The fraction of sp³-hybridized carbons (Fsp3) is 0.176. The van der Waals surface area contributed by atoms with Gasteiger partial charge >= 0.3 is 5.97 Å². The molecule has 2 aromatic carbocycles. The summed E-state index contributed by atoms with van der Waals surface area (Å²) in [5.74, 6) is -0.351. The van der Waals surface area contributed by atoms with Gasteiger partial charge in [-0.3, -0.25) is 0 Å². The molecule has 3 rings (SSSR count). The Morgan fingerprint density at radius 3 is 2.78 bits per heavy atom. The van der Waals surface area contributed by atoms with Crippen molar-refractivity contribution in [1.82, 2.24) is 9.78 Å². The number of alkyl halides is 1. The number of ether oxygens (including phenoxy) is 1. The number of hydrogen-bond donors (Lipinski definition) is 0. The lowest BCUT2D eigenvalue weighted by atomic mass is 10.2. The predicted molar refractivity (Wildman–Crippen MR) is 97.4 cm³/mol. The van der Waals surface area contributed by atoms with Crippen LogP contribution in [0.1, 0.15) is 22.8 Å². The number of halogens is 2. The van der Waals surface area contributed by atoms with Gasteiger partial charge in [0.1, 0.15) is 4.60 Å². The van der Waals surface area contributed by atoms with Crippen molar-refractivity contribution in [1.29, 1.82) is 0 Å². The average Bonchev–Trinajstić information content (AvgIpc) is 2.91. The second kappa shape index (κ2) is 6.84. The van der Waals surface area contributed by atoms with E-state index in [-0.39, 0.29) is 5.97 Å². The number of hydrogen-bond acceptors (Lipinski definition) is 3.